The molecule has 0 spiro atoms. The van der Waals surface area contributed by atoms with Crippen LogP contribution in [0, 0.1) is 5.41 Å². The summed E-state index contributed by atoms with van der Waals surface area (Å²) >= 11 is 0. The molecule has 0 aromatic carbocycles. The number of hydrogen-bond donors (Lipinski definition) is 3. The molecule has 0 saturated carbocycles. The van der Waals surface area contributed by atoms with E-state index in [-0.39, 0.29) is 17.7 Å². The lowest BCUT2D eigenvalue weighted by Crippen LogP contribution is -2.25. The first-order valence-corrected chi connectivity index (χ1v) is 5.49. The minimum absolute atomic E-state index is 0.0206. The third kappa shape index (κ3) is 4.03. The van der Waals surface area contributed by atoms with Crippen LogP contribution in [0.15, 0.2) is 18.3 Å². The fourth-order valence-electron chi connectivity index (χ4n) is 1.44. The maximum atomic E-state index is 10.9. The maximum Gasteiger partial charge on any atom is 0.356 e. The van der Waals surface area contributed by atoms with Crippen LogP contribution in [-0.2, 0) is 0 Å². The summed E-state index contributed by atoms with van der Waals surface area (Å²) in [6.07, 6.45) is 2.11. The first-order valence-electron chi connectivity index (χ1n) is 5.49. The van der Waals surface area contributed by atoms with Gasteiger partial charge in [0.2, 0.25) is 0 Å². The first-order chi connectivity index (χ1) is 7.96. The van der Waals surface area contributed by atoms with Gasteiger partial charge in [-0.2, -0.15) is 0 Å². The predicted molar refractivity (Wildman–Crippen MR) is 65.2 cm³/mol. The quantitative estimate of drug-likeness (QED) is 0.701. The Morgan fingerprint density at radius 1 is 1.53 bits per heavy atom. The van der Waals surface area contributed by atoms with Crippen molar-refractivity contribution >= 4 is 11.7 Å². The van der Waals surface area contributed by atoms with Gasteiger partial charge in [0.1, 0.15) is 0 Å². The zero-order valence-electron chi connectivity index (χ0n) is 10.1. The van der Waals surface area contributed by atoms with Crippen molar-refractivity contribution in [1.29, 1.82) is 0 Å². The van der Waals surface area contributed by atoms with Crippen LogP contribution in [0.25, 0.3) is 0 Å². The Hall–Kier alpha value is -1.62. The van der Waals surface area contributed by atoms with Gasteiger partial charge in [0.25, 0.3) is 0 Å². The van der Waals surface area contributed by atoms with Crippen LogP contribution in [0.5, 0.6) is 0 Å². The van der Waals surface area contributed by atoms with E-state index in [0.717, 1.165) is 0 Å². The highest BCUT2D eigenvalue weighted by atomic mass is 16.4. The van der Waals surface area contributed by atoms with Crippen molar-refractivity contribution in [1.82, 2.24) is 4.98 Å². The summed E-state index contributed by atoms with van der Waals surface area (Å²) < 4.78 is 0. The molecule has 17 heavy (non-hydrogen) atoms. The molecule has 0 aliphatic rings. The van der Waals surface area contributed by atoms with Crippen LogP contribution < -0.4 is 5.32 Å². The van der Waals surface area contributed by atoms with Crippen LogP contribution in [0.1, 0.15) is 30.8 Å². The van der Waals surface area contributed by atoms with Crippen molar-refractivity contribution in [3.63, 3.8) is 0 Å². The van der Waals surface area contributed by atoms with Gasteiger partial charge in [0, 0.05) is 19.3 Å². The van der Waals surface area contributed by atoms with Crippen molar-refractivity contribution in [3.05, 3.63) is 24.0 Å². The SMILES string of the molecule is CC(C)(CCO)CNc1cccnc1C(=O)O. The number of carboxylic acid groups (broad SMARTS) is 1. The summed E-state index contributed by atoms with van der Waals surface area (Å²) in [5.74, 6) is -1.05. The van der Waals surface area contributed by atoms with Crippen molar-refractivity contribution in [2.45, 2.75) is 20.3 Å². The molecule has 0 saturated heterocycles. The molecule has 0 atom stereocenters. The number of nitrogens with one attached hydrogen (secondary N) is 1. The summed E-state index contributed by atoms with van der Waals surface area (Å²) in [6, 6.07) is 3.37. The van der Waals surface area contributed by atoms with E-state index in [1.807, 2.05) is 13.8 Å². The number of pyridine rings is 1. The first kappa shape index (κ1) is 13.4. The van der Waals surface area contributed by atoms with Crippen molar-refractivity contribution in [3.8, 4) is 0 Å². The van der Waals surface area contributed by atoms with E-state index in [1.54, 1.807) is 12.1 Å². The van der Waals surface area contributed by atoms with Gasteiger partial charge < -0.3 is 15.5 Å². The van der Waals surface area contributed by atoms with Gasteiger partial charge in [-0.1, -0.05) is 13.8 Å². The average molecular weight is 238 g/mol. The fourth-order valence-corrected chi connectivity index (χ4v) is 1.44. The lowest BCUT2D eigenvalue weighted by molar-refractivity contribution is 0.0691. The number of aliphatic hydroxyl groups is 1. The summed E-state index contributed by atoms with van der Waals surface area (Å²) in [5, 5.41) is 20.9. The summed E-state index contributed by atoms with van der Waals surface area (Å²) in [7, 11) is 0. The normalized spacial score (nSPS) is 11.2. The van der Waals surface area contributed by atoms with Crippen LogP contribution in [0.3, 0.4) is 0 Å². The third-order valence-electron chi connectivity index (χ3n) is 2.56. The number of nitrogens with zero attached hydrogens (tertiary/aromatic N) is 1. The zero-order chi connectivity index (χ0) is 12.9. The smallest absolute Gasteiger partial charge is 0.356 e. The largest absolute Gasteiger partial charge is 0.476 e. The molecule has 0 amide bonds. The molecular weight excluding hydrogens is 220 g/mol. The monoisotopic (exact) mass is 238 g/mol. The Balaban J connectivity index is 2.72. The standard InChI is InChI=1S/C12H18N2O3/c1-12(2,5-7-15)8-14-9-4-3-6-13-10(9)11(16)17/h3-4,6,14-15H,5,7-8H2,1-2H3,(H,16,17). The van der Waals surface area contributed by atoms with Crippen molar-refractivity contribution in [2.75, 3.05) is 18.5 Å². The van der Waals surface area contributed by atoms with E-state index in [9.17, 15) is 4.79 Å². The second-order valence-electron chi connectivity index (χ2n) is 4.70. The van der Waals surface area contributed by atoms with Crippen LogP contribution >= 0.6 is 0 Å². The zero-order valence-corrected chi connectivity index (χ0v) is 10.1. The van der Waals surface area contributed by atoms with E-state index in [0.29, 0.717) is 18.7 Å². The number of aliphatic hydroxyl groups excluding tert-OH is 1. The Kier molecular flexibility index (Phi) is 4.45. The molecular formula is C12H18N2O3. The van der Waals surface area contributed by atoms with E-state index in [2.05, 4.69) is 10.3 Å². The molecule has 1 aromatic heterocycles. The second kappa shape index (κ2) is 5.63. The maximum absolute atomic E-state index is 10.9. The highest BCUT2D eigenvalue weighted by Gasteiger charge is 2.18. The number of aromatic carboxylic acids is 1. The number of rotatable bonds is 6. The van der Waals surface area contributed by atoms with Crippen LogP contribution in [-0.4, -0.2) is 34.3 Å². The Bertz CT molecular complexity index is 391. The van der Waals surface area contributed by atoms with Gasteiger partial charge in [0.15, 0.2) is 5.69 Å². The molecule has 1 heterocycles. The summed E-state index contributed by atoms with van der Waals surface area (Å²) in [6.45, 7) is 4.72. The van der Waals surface area contributed by atoms with Gasteiger partial charge in [0.05, 0.1) is 5.69 Å². The van der Waals surface area contributed by atoms with E-state index in [4.69, 9.17) is 10.2 Å². The molecule has 94 valence electrons. The second-order valence-corrected chi connectivity index (χ2v) is 4.70. The molecule has 0 aliphatic heterocycles. The van der Waals surface area contributed by atoms with Crippen molar-refractivity contribution in [2.24, 2.45) is 5.41 Å². The topological polar surface area (TPSA) is 82.5 Å². The minimum Gasteiger partial charge on any atom is -0.476 e. The summed E-state index contributed by atoms with van der Waals surface area (Å²) in [5.41, 5.74) is 0.429. The molecule has 0 radical (unpaired) electrons. The van der Waals surface area contributed by atoms with Gasteiger partial charge >= 0.3 is 5.97 Å². The van der Waals surface area contributed by atoms with Crippen LogP contribution in [0.2, 0.25) is 0 Å². The van der Waals surface area contributed by atoms with Gasteiger partial charge in [-0.05, 0) is 24.0 Å². The average Bonchev–Trinajstić information content (AvgIpc) is 2.27. The molecule has 0 unspecified atom stereocenters. The van der Waals surface area contributed by atoms with Crippen LogP contribution in [0.4, 0.5) is 5.69 Å². The van der Waals surface area contributed by atoms with Crippen molar-refractivity contribution < 1.29 is 15.0 Å². The number of hydrogen-bond acceptors (Lipinski definition) is 4. The van der Waals surface area contributed by atoms with E-state index < -0.39 is 5.97 Å². The minimum atomic E-state index is -1.05. The molecule has 1 rings (SSSR count). The summed E-state index contributed by atoms with van der Waals surface area (Å²) in [4.78, 5) is 14.7. The Labute approximate surface area is 101 Å². The molecule has 0 fully saturated rings. The number of carbonyl (C=O) groups is 1. The van der Waals surface area contributed by atoms with E-state index in [1.165, 1.54) is 6.20 Å². The van der Waals surface area contributed by atoms with Gasteiger partial charge in [-0.15, -0.1) is 0 Å². The molecule has 5 heteroatoms. The highest BCUT2D eigenvalue weighted by Crippen LogP contribution is 2.21. The highest BCUT2D eigenvalue weighted by molar-refractivity contribution is 5.91. The Morgan fingerprint density at radius 2 is 2.24 bits per heavy atom. The molecule has 1 aromatic rings. The lowest BCUT2D eigenvalue weighted by Gasteiger charge is -2.24. The predicted octanol–water partition coefficient (Wildman–Crippen LogP) is 1.60. The Morgan fingerprint density at radius 3 is 2.82 bits per heavy atom. The molecule has 5 nitrogen and oxygen atoms in total. The number of anilines is 1. The fraction of sp³-hybridized carbons (Fsp3) is 0.500. The van der Waals surface area contributed by atoms with E-state index >= 15 is 0 Å². The van der Waals surface area contributed by atoms with Gasteiger partial charge in [-0.25, -0.2) is 9.78 Å². The third-order valence-corrected chi connectivity index (χ3v) is 2.56. The molecule has 0 bridgehead atoms. The van der Waals surface area contributed by atoms with Gasteiger partial charge in [-0.3, -0.25) is 0 Å². The molecule has 0 aliphatic carbocycles. The number of aromatic nitrogens is 1. The number of carboxylic acids is 1. The lowest BCUT2D eigenvalue weighted by atomic mass is 9.89. The molecule has 3 N–H and O–H groups in total.